The number of benzene rings is 1. The van der Waals surface area contributed by atoms with E-state index in [1.165, 1.54) is 18.5 Å². The van der Waals surface area contributed by atoms with Crippen molar-refractivity contribution in [1.29, 1.82) is 0 Å². The van der Waals surface area contributed by atoms with E-state index in [0.717, 1.165) is 12.5 Å². The third-order valence-electron chi connectivity index (χ3n) is 4.11. The van der Waals surface area contributed by atoms with Gasteiger partial charge in [-0.1, -0.05) is 46.3 Å². The van der Waals surface area contributed by atoms with Crippen LogP contribution in [0.25, 0.3) is 0 Å². The van der Waals surface area contributed by atoms with Crippen molar-refractivity contribution in [3.63, 3.8) is 0 Å². The van der Waals surface area contributed by atoms with Crippen LogP contribution < -0.4 is 0 Å². The Labute approximate surface area is 111 Å². The quantitative estimate of drug-likeness (QED) is 0.795. The highest BCUT2D eigenvalue weighted by atomic mass is 79.9. The first-order valence-corrected chi connectivity index (χ1v) is 7.16. The van der Waals surface area contributed by atoms with Crippen LogP contribution in [0.1, 0.15) is 12.0 Å². The van der Waals surface area contributed by atoms with Crippen molar-refractivity contribution in [2.75, 3.05) is 13.7 Å². The van der Waals surface area contributed by atoms with Crippen molar-refractivity contribution in [1.82, 2.24) is 4.90 Å². The molecule has 2 fully saturated rings. The topological polar surface area (TPSA) is 12.5 Å². The predicted molar refractivity (Wildman–Crippen MR) is 72.3 cm³/mol. The summed E-state index contributed by atoms with van der Waals surface area (Å²) in [6.45, 7) is 2.25. The molecule has 1 saturated heterocycles. The molecule has 0 spiro atoms. The smallest absolute Gasteiger partial charge is 0.0741 e. The third kappa shape index (κ3) is 2.05. The fourth-order valence-electron chi connectivity index (χ4n) is 3.31. The minimum atomic E-state index is 0.404. The molecular formula is C14H18BrNO. The van der Waals surface area contributed by atoms with Gasteiger partial charge in [0.15, 0.2) is 0 Å². The highest BCUT2D eigenvalue weighted by Gasteiger charge is 2.51. The molecule has 1 aliphatic heterocycles. The summed E-state index contributed by atoms with van der Waals surface area (Å²) < 4.78 is 5.61. The highest BCUT2D eigenvalue weighted by molar-refractivity contribution is 9.09. The Balaban J connectivity index is 1.73. The van der Waals surface area contributed by atoms with Crippen LogP contribution in [-0.4, -0.2) is 35.5 Å². The van der Waals surface area contributed by atoms with Crippen molar-refractivity contribution < 1.29 is 4.74 Å². The van der Waals surface area contributed by atoms with Crippen LogP contribution in [0.2, 0.25) is 0 Å². The molecule has 1 heterocycles. The maximum Gasteiger partial charge on any atom is 0.0741 e. The van der Waals surface area contributed by atoms with Crippen LogP contribution >= 0.6 is 15.9 Å². The molecule has 2 nitrogen and oxygen atoms in total. The molecule has 1 aromatic carbocycles. The van der Waals surface area contributed by atoms with Crippen molar-refractivity contribution in [2.24, 2.45) is 5.92 Å². The van der Waals surface area contributed by atoms with Gasteiger partial charge >= 0.3 is 0 Å². The zero-order chi connectivity index (χ0) is 11.8. The zero-order valence-corrected chi connectivity index (χ0v) is 11.6. The second kappa shape index (κ2) is 4.71. The second-order valence-corrected chi connectivity index (χ2v) is 6.18. The summed E-state index contributed by atoms with van der Waals surface area (Å²) in [5.41, 5.74) is 1.40. The van der Waals surface area contributed by atoms with Gasteiger partial charge in [0.1, 0.15) is 0 Å². The van der Waals surface area contributed by atoms with Crippen LogP contribution in [0.3, 0.4) is 0 Å². The van der Waals surface area contributed by atoms with Crippen LogP contribution in [0, 0.1) is 5.92 Å². The molecule has 92 valence electrons. The molecule has 17 heavy (non-hydrogen) atoms. The van der Waals surface area contributed by atoms with Gasteiger partial charge in [-0.2, -0.15) is 0 Å². The summed E-state index contributed by atoms with van der Waals surface area (Å²) in [4.78, 5) is 3.17. The summed E-state index contributed by atoms with van der Waals surface area (Å²) in [7, 11) is 1.84. The first-order valence-electron chi connectivity index (χ1n) is 6.24. The van der Waals surface area contributed by atoms with Crippen LogP contribution in [0.15, 0.2) is 30.3 Å². The number of fused-ring (bicyclic) bond motifs is 2. The molecule has 0 radical (unpaired) electrons. The molecule has 4 atom stereocenters. The lowest BCUT2D eigenvalue weighted by Gasteiger charge is -2.32. The standard InChI is InChI=1S/C14H18BrNO/c1-17-12-7-11-9-16(14(12)13(11)15)8-10-5-3-2-4-6-10/h2-6,11-14H,7-9H2,1H3. The van der Waals surface area contributed by atoms with E-state index < -0.39 is 0 Å². The van der Waals surface area contributed by atoms with Crippen molar-refractivity contribution in [3.8, 4) is 0 Å². The summed E-state index contributed by atoms with van der Waals surface area (Å²) in [6.07, 6.45) is 1.62. The Bertz CT molecular complexity index is 383. The summed E-state index contributed by atoms with van der Waals surface area (Å²) in [6, 6.07) is 11.3. The predicted octanol–water partition coefficient (Wildman–Crippen LogP) is 2.67. The lowest BCUT2D eigenvalue weighted by atomic mass is 10.1. The number of hydrogen-bond donors (Lipinski definition) is 0. The van der Waals surface area contributed by atoms with E-state index in [4.69, 9.17) is 4.74 Å². The monoisotopic (exact) mass is 295 g/mol. The minimum Gasteiger partial charge on any atom is -0.380 e. The molecule has 0 aromatic heterocycles. The average Bonchev–Trinajstić information content (AvgIpc) is 2.83. The molecule has 0 N–H and O–H groups in total. The number of alkyl halides is 1. The third-order valence-corrected chi connectivity index (χ3v) is 5.40. The Kier molecular flexibility index (Phi) is 3.24. The van der Waals surface area contributed by atoms with Crippen molar-refractivity contribution in [2.45, 2.75) is 29.9 Å². The molecule has 1 aromatic rings. The maximum absolute atomic E-state index is 5.61. The number of piperidine rings is 1. The van der Waals surface area contributed by atoms with Crippen LogP contribution in [0.4, 0.5) is 0 Å². The van der Waals surface area contributed by atoms with Gasteiger partial charge < -0.3 is 4.74 Å². The van der Waals surface area contributed by atoms with E-state index >= 15 is 0 Å². The first-order chi connectivity index (χ1) is 8.29. The van der Waals surface area contributed by atoms with Gasteiger partial charge in [0, 0.05) is 31.1 Å². The first kappa shape index (κ1) is 11.7. The summed E-state index contributed by atoms with van der Waals surface area (Å²) >= 11 is 3.84. The Hall–Kier alpha value is -0.380. The number of ether oxygens (including phenoxy) is 1. The highest BCUT2D eigenvalue weighted by Crippen LogP contribution is 2.44. The fraction of sp³-hybridized carbons (Fsp3) is 0.571. The molecule has 1 aliphatic carbocycles. The molecule has 3 heteroatoms. The molecule has 0 amide bonds. The van der Waals surface area contributed by atoms with E-state index in [2.05, 4.69) is 51.2 Å². The summed E-state index contributed by atoms with van der Waals surface area (Å²) in [5, 5.41) is 0. The minimum absolute atomic E-state index is 0.404. The normalized spacial score (nSPS) is 36.6. The van der Waals surface area contributed by atoms with Gasteiger partial charge in [-0.15, -0.1) is 0 Å². The summed E-state index contributed by atoms with van der Waals surface area (Å²) in [5.74, 6) is 0.758. The molecule has 4 unspecified atom stereocenters. The van der Waals surface area contributed by atoms with E-state index in [1.54, 1.807) is 0 Å². The Morgan fingerprint density at radius 2 is 2.12 bits per heavy atom. The van der Waals surface area contributed by atoms with Gasteiger partial charge in [0.25, 0.3) is 0 Å². The van der Waals surface area contributed by atoms with E-state index in [1.807, 2.05) is 7.11 Å². The lowest BCUT2D eigenvalue weighted by molar-refractivity contribution is 0.0172. The second-order valence-electron chi connectivity index (χ2n) is 5.12. The maximum atomic E-state index is 5.61. The van der Waals surface area contributed by atoms with Crippen molar-refractivity contribution >= 4 is 15.9 Å². The van der Waals surface area contributed by atoms with Gasteiger partial charge in [-0.25, -0.2) is 0 Å². The number of rotatable bonds is 3. The molecule has 2 aliphatic rings. The van der Waals surface area contributed by atoms with E-state index in [-0.39, 0.29) is 0 Å². The lowest BCUT2D eigenvalue weighted by Crippen LogP contribution is -2.42. The van der Waals surface area contributed by atoms with Crippen LogP contribution in [-0.2, 0) is 11.3 Å². The van der Waals surface area contributed by atoms with Gasteiger partial charge in [0.2, 0.25) is 0 Å². The van der Waals surface area contributed by atoms with Gasteiger partial charge in [-0.3, -0.25) is 4.90 Å². The average molecular weight is 296 g/mol. The number of likely N-dealkylation sites (tertiary alicyclic amines) is 1. The van der Waals surface area contributed by atoms with Gasteiger partial charge in [0.05, 0.1) is 6.10 Å². The number of methoxy groups -OCH3 is 1. The number of hydrogen-bond acceptors (Lipinski definition) is 2. The molecular weight excluding hydrogens is 278 g/mol. The number of halogens is 1. The Morgan fingerprint density at radius 3 is 2.76 bits per heavy atom. The van der Waals surface area contributed by atoms with Crippen LogP contribution in [0.5, 0.6) is 0 Å². The number of nitrogens with zero attached hydrogens (tertiary/aromatic N) is 1. The zero-order valence-electron chi connectivity index (χ0n) is 10.1. The largest absolute Gasteiger partial charge is 0.380 e. The Morgan fingerprint density at radius 1 is 1.35 bits per heavy atom. The molecule has 3 rings (SSSR count). The SMILES string of the molecule is COC1CC2CN(Cc3ccccc3)C1C2Br. The van der Waals surface area contributed by atoms with E-state index in [0.29, 0.717) is 17.0 Å². The van der Waals surface area contributed by atoms with Gasteiger partial charge in [-0.05, 0) is 17.9 Å². The molecule has 2 bridgehead atoms. The van der Waals surface area contributed by atoms with E-state index in [9.17, 15) is 0 Å². The molecule has 1 saturated carbocycles. The fourth-order valence-corrected chi connectivity index (χ4v) is 4.37. The van der Waals surface area contributed by atoms with Crippen molar-refractivity contribution in [3.05, 3.63) is 35.9 Å².